The maximum atomic E-state index is 12.8. The third-order valence-corrected chi connectivity index (χ3v) is 4.83. The summed E-state index contributed by atoms with van der Waals surface area (Å²) < 4.78 is 1.31. The highest BCUT2D eigenvalue weighted by Crippen LogP contribution is 2.19. The van der Waals surface area contributed by atoms with Crippen LogP contribution in [-0.2, 0) is 17.8 Å². The smallest absolute Gasteiger partial charge is 0.330 e. The molecule has 3 rings (SSSR count). The number of carbonyl (C=O) groups excluding carboxylic acids is 1. The van der Waals surface area contributed by atoms with E-state index in [4.69, 9.17) is 5.73 Å². The molecule has 0 aliphatic carbocycles. The van der Waals surface area contributed by atoms with Crippen LogP contribution in [0.5, 0.6) is 0 Å². The summed E-state index contributed by atoms with van der Waals surface area (Å²) in [5.74, 6) is -0.273. The molecule has 0 saturated carbocycles. The second kappa shape index (κ2) is 8.12. The van der Waals surface area contributed by atoms with E-state index >= 15 is 0 Å². The number of nitrogens with zero attached hydrogens (tertiary/aromatic N) is 2. The van der Waals surface area contributed by atoms with Crippen molar-refractivity contribution in [2.75, 3.05) is 17.7 Å². The van der Waals surface area contributed by atoms with Gasteiger partial charge in [-0.3, -0.25) is 19.1 Å². The van der Waals surface area contributed by atoms with Gasteiger partial charge in [0.05, 0.1) is 6.42 Å². The molecular formula is C21H24N4O3. The van der Waals surface area contributed by atoms with Crippen LogP contribution in [0.25, 0.3) is 10.8 Å². The van der Waals surface area contributed by atoms with Gasteiger partial charge in [0.25, 0.3) is 5.56 Å². The minimum Gasteiger partial charge on any atom is -0.383 e. The first kappa shape index (κ1) is 19.4. The number of nitrogens with two attached hydrogens (primary N) is 1. The van der Waals surface area contributed by atoms with Crippen molar-refractivity contribution in [3.63, 3.8) is 0 Å². The van der Waals surface area contributed by atoms with Gasteiger partial charge in [0.15, 0.2) is 5.69 Å². The molecule has 0 radical (unpaired) electrons. The Labute approximate surface area is 162 Å². The van der Waals surface area contributed by atoms with Crippen LogP contribution in [0.2, 0.25) is 0 Å². The van der Waals surface area contributed by atoms with Crippen molar-refractivity contribution < 1.29 is 4.79 Å². The molecular weight excluding hydrogens is 356 g/mol. The molecule has 28 heavy (non-hydrogen) atoms. The van der Waals surface area contributed by atoms with E-state index in [-0.39, 0.29) is 23.8 Å². The molecule has 1 heterocycles. The minimum absolute atomic E-state index is 0.00138. The SMILES string of the molecule is CCCCn1c(N)c(N(C)C(=O)Cc2ccc3ccccc3c2)c(=O)[nH]c1=O. The number of H-pyrrole nitrogens is 1. The highest BCUT2D eigenvalue weighted by atomic mass is 16.2. The summed E-state index contributed by atoms with van der Waals surface area (Å²) in [6, 6.07) is 13.7. The van der Waals surface area contributed by atoms with Crippen molar-refractivity contribution in [3.8, 4) is 0 Å². The third kappa shape index (κ3) is 3.83. The van der Waals surface area contributed by atoms with E-state index in [2.05, 4.69) is 4.98 Å². The molecule has 7 heteroatoms. The molecule has 0 saturated heterocycles. The summed E-state index contributed by atoms with van der Waals surface area (Å²) in [4.78, 5) is 40.6. The summed E-state index contributed by atoms with van der Waals surface area (Å²) in [5, 5.41) is 2.14. The van der Waals surface area contributed by atoms with Crippen molar-refractivity contribution in [1.29, 1.82) is 0 Å². The van der Waals surface area contributed by atoms with Gasteiger partial charge in [-0.15, -0.1) is 0 Å². The van der Waals surface area contributed by atoms with Crippen LogP contribution in [0.1, 0.15) is 25.3 Å². The Morgan fingerprint density at radius 3 is 2.57 bits per heavy atom. The maximum Gasteiger partial charge on any atom is 0.330 e. The van der Waals surface area contributed by atoms with Crippen LogP contribution < -0.4 is 21.9 Å². The average molecular weight is 380 g/mol. The van der Waals surface area contributed by atoms with Crippen LogP contribution >= 0.6 is 0 Å². The molecule has 0 bridgehead atoms. The number of aromatic amines is 1. The second-order valence-corrected chi connectivity index (χ2v) is 6.81. The van der Waals surface area contributed by atoms with Crippen molar-refractivity contribution >= 4 is 28.2 Å². The standard InChI is InChI=1S/C21H24N4O3/c1-3-4-11-25-19(22)18(20(27)23-21(25)28)24(2)17(26)13-14-9-10-15-7-5-6-8-16(15)12-14/h5-10,12H,3-4,11,13,22H2,1-2H3,(H,23,27,28). The van der Waals surface area contributed by atoms with E-state index in [1.807, 2.05) is 49.4 Å². The van der Waals surface area contributed by atoms with Gasteiger partial charge < -0.3 is 10.6 Å². The van der Waals surface area contributed by atoms with Crippen LogP contribution in [0.4, 0.5) is 11.5 Å². The largest absolute Gasteiger partial charge is 0.383 e. The first-order chi connectivity index (χ1) is 13.4. The summed E-state index contributed by atoms with van der Waals surface area (Å²) >= 11 is 0. The number of benzene rings is 2. The third-order valence-electron chi connectivity index (χ3n) is 4.83. The summed E-state index contributed by atoms with van der Waals surface area (Å²) in [7, 11) is 1.50. The predicted octanol–water partition coefficient (Wildman–Crippen LogP) is 2.28. The van der Waals surface area contributed by atoms with Gasteiger partial charge in [-0.25, -0.2) is 4.79 Å². The molecule has 1 amide bonds. The Balaban J connectivity index is 1.90. The first-order valence-corrected chi connectivity index (χ1v) is 9.29. The summed E-state index contributed by atoms with van der Waals surface area (Å²) in [6.07, 6.45) is 1.73. The quantitative estimate of drug-likeness (QED) is 0.685. The number of carbonyl (C=O) groups is 1. The van der Waals surface area contributed by atoms with E-state index < -0.39 is 11.2 Å². The van der Waals surface area contributed by atoms with Crippen molar-refractivity contribution in [1.82, 2.24) is 9.55 Å². The number of aromatic nitrogens is 2. The van der Waals surface area contributed by atoms with Gasteiger partial charge in [-0.2, -0.15) is 0 Å². The lowest BCUT2D eigenvalue weighted by molar-refractivity contribution is -0.117. The van der Waals surface area contributed by atoms with E-state index in [0.29, 0.717) is 6.54 Å². The molecule has 0 aliphatic rings. The lowest BCUT2D eigenvalue weighted by atomic mass is 10.0. The molecule has 0 fully saturated rings. The van der Waals surface area contributed by atoms with Crippen LogP contribution in [0.3, 0.4) is 0 Å². The molecule has 0 atom stereocenters. The van der Waals surface area contributed by atoms with Gasteiger partial charge >= 0.3 is 5.69 Å². The zero-order chi connectivity index (χ0) is 20.3. The molecule has 1 aromatic heterocycles. The van der Waals surface area contributed by atoms with Crippen molar-refractivity contribution in [2.24, 2.45) is 0 Å². The average Bonchev–Trinajstić information content (AvgIpc) is 2.67. The van der Waals surface area contributed by atoms with Crippen LogP contribution in [0.15, 0.2) is 52.1 Å². The Morgan fingerprint density at radius 2 is 1.86 bits per heavy atom. The van der Waals surface area contributed by atoms with Gasteiger partial charge in [-0.05, 0) is 22.8 Å². The van der Waals surface area contributed by atoms with E-state index in [1.165, 1.54) is 16.5 Å². The number of unbranched alkanes of at least 4 members (excludes halogenated alkanes) is 1. The van der Waals surface area contributed by atoms with Gasteiger partial charge in [0, 0.05) is 13.6 Å². The van der Waals surface area contributed by atoms with E-state index in [1.54, 1.807) is 0 Å². The Bertz CT molecular complexity index is 1130. The minimum atomic E-state index is -0.662. The van der Waals surface area contributed by atoms with Gasteiger partial charge in [0.1, 0.15) is 5.82 Å². The molecule has 0 spiro atoms. The molecule has 0 aliphatic heterocycles. The molecule has 0 unspecified atom stereocenters. The fourth-order valence-electron chi connectivity index (χ4n) is 3.21. The first-order valence-electron chi connectivity index (χ1n) is 9.29. The molecule has 146 valence electrons. The summed E-state index contributed by atoms with van der Waals surface area (Å²) in [5.41, 5.74) is 5.70. The van der Waals surface area contributed by atoms with Gasteiger partial charge in [0.2, 0.25) is 5.91 Å². The Morgan fingerprint density at radius 1 is 1.14 bits per heavy atom. The van der Waals surface area contributed by atoms with Crippen LogP contribution in [-0.4, -0.2) is 22.5 Å². The predicted molar refractivity (Wildman–Crippen MR) is 112 cm³/mol. The molecule has 3 aromatic rings. The summed E-state index contributed by atoms with van der Waals surface area (Å²) in [6.45, 7) is 2.38. The molecule has 7 nitrogen and oxygen atoms in total. The number of rotatable bonds is 6. The number of amides is 1. The number of hydrogen-bond donors (Lipinski definition) is 2. The zero-order valence-corrected chi connectivity index (χ0v) is 16.1. The van der Waals surface area contributed by atoms with Gasteiger partial charge in [-0.1, -0.05) is 55.8 Å². The number of nitrogens with one attached hydrogen (secondary N) is 1. The Kier molecular flexibility index (Phi) is 5.63. The maximum absolute atomic E-state index is 12.8. The fourth-order valence-corrected chi connectivity index (χ4v) is 3.21. The fraction of sp³-hybridized carbons (Fsp3) is 0.286. The highest BCUT2D eigenvalue weighted by Gasteiger charge is 2.21. The van der Waals surface area contributed by atoms with E-state index in [9.17, 15) is 14.4 Å². The van der Waals surface area contributed by atoms with Crippen molar-refractivity contribution in [3.05, 3.63) is 68.9 Å². The monoisotopic (exact) mass is 380 g/mol. The zero-order valence-electron chi connectivity index (χ0n) is 16.1. The van der Waals surface area contributed by atoms with Crippen LogP contribution in [0, 0.1) is 0 Å². The normalized spacial score (nSPS) is 10.9. The number of anilines is 2. The number of nitrogen functional groups attached to an aromatic ring is 1. The Hall–Kier alpha value is -3.35. The highest BCUT2D eigenvalue weighted by molar-refractivity contribution is 5.96. The number of likely N-dealkylation sites (N-methyl/N-ethyl adjacent to an activating group) is 1. The topological polar surface area (TPSA) is 101 Å². The lowest BCUT2D eigenvalue weighted by Gasteiger charge is -2.20. The molecule has 2 aromatic carbocycles. The lowest BCUT2D eigenvalue weighted by Crippen LogP contribution is -2.39. The number of fused-ring (bicyclic) bond motifs is 1. The second-order valence-electron chi connectivity index (χ2n) is 6.81. The van der Waals surface area contributed by atoms with E-state index in [0.717, 1.165) is 29.2 Å². The number of hydrogen-bond acceptors (Lipinski definition) is 4. The van der Waals surface area contributed by atoms with Crippen molar-refractivity contribution in [2.45, 2.75) is 32.7 Å². The molecule has 3 N–H and O–H groups in total.